The lowest BCUT2D eigenvalue weighted by Gasteiger charge is -2.13. The summed E-state index contributed by atoms with van der Waals surface area (Å²) in [6, 6.07) is 0. The molecule has 0 aromatic rings. The van der Waals surface area contributed by atoms with E-state index in [1.54, 1.807) is 14.1 Å². The number of nitrogens with zero attached hydrogens (tertiary/aromatic N) is 1. The lowest BCUT2D eigenvalue weighted by atomic mass is 10.2. The van der Waals surface area contributed by atoms with Crippen molar-refractivity contribution in [3.05, 3.63) is 0 Å². The Hall–Kier alpha value is -0.130. The summed E-state index contributed by atoms with van der Waals surface area (Å²) in [5.74, 6) is 0.414. The highest BCUT2D eigenvalue weighted by Gasteiger charge is 2.24. The summed E-state index contributed by atoms with van der Waals surface area (Å²) in [6.07, 6.45) is 0.868. The van der Waals surface area contributed by atoms with Crippen LogP contribution in [0.4, 0.5) is 0 Å². The van der Waals surface area contributed by atoms with E-state index in [1.807, 2.05) is 0 Å². The van der Waals surface area contributed by atoms with Gasteiger partial charge in [0.1, 0.15) is 0 Å². The van der Waals surface area contributed by atoms with E-state index in [4.69, 9.17) is 4.74 Å². The third-order valence-corrected chi connectivity index (χ3v) is 4.03. The van der Waals surface area contributed by atoms with Crippen molar-refractivity contribution in [2.45, 2.75) is 6.42 Å². The fraction of sp³-hybridized carbons (Fsp3) is 1.00. The molecule has 0 amide bonds. The van der Waals surface area contributed by atoms with Gasteiger partial charge in [-0.05, 0) is 12.3 Å². The molecule has 1 aliphatic rings. The molecular weight excluding hydrogens is 178 g/mol. The van der Waals surface area contributed by atoms with Crippen molar-refractivity contribution >= 4 is 10.0 Å². The van der Waals surface area contributed by atoms with Crippen LogP contribution in [0.1, 0.15) is 6.42 Å². The van der Waals surface area contributed by atoms with Gasteiger partial charge in [0.2, 0.25) is 10.0 Å². The van der Waals surface area contributed by atoms with Gasteiger partial charge in [-0.15, -0.1) is 0 Å². The first kappa shape index (κ1) is 9.95. The molecule has 1 unspecified atom stereocenters. The Kier molecular flexibility index (Phi) is 3.09. The summed E-state index contributed by atoms with van der Waals surface area (Å²) in [4.78, 5) is 0. The minimum Gasteiger partial charge on any atom is -0.381 e. The summed E-state index contributed by atoms with van der Waals surface area (Å²) >= 11 is 0. The number of rotatable bonds is 3. The van der Waals surface area contributed by atoms with Crippen LogP contribution < -0.4 is 0 Å². The predicted octanol–water partition coefficient (Wildman–Crippen LogP) is -0.0857. The maximum Gasteiger partial charge on any atom is 0.213 e. The highest BCUT2D eigenvalue weighted by molar-refractivity contribution is 7.89. The van der Waals surface area contributed by atoms with Crippen LogP contribution in [-0.2, 0) is 14.8 Å². The van der Waals surface area contributed by atoms with Gasteiger partial charge in [0.15, 0.2) is 0 Å². The number of ether oxygens (including phenoxy) is 1. The van der Waals surface area contributed by atoms with Crippen molar-refractivity contribution in [1.29, 1.82) is 0 Å². The van der Waals surface area contributed by atoms with Crippen molar-refractivity contribution in [3.8, 4) is 0 Å². The van der Waals surface area contributed by atoms with Crippen LogP contribution in [0.25, 0.3) is 0 Å². The van der Waals surface area contributed by atoms with E-state index in [1.165, 1.54) is 4.31 Å². The van der Waals surface area contributed by atoms with Crippen molar-refractivity contribution in [1.82, 2.24) is 4.31 Å². The molecule has 0 spiro atoms. The number of sulfonamides is 1. The van der Waals surface area contributed by atoms with Crippen LogP contribution in [-0.4, -0.2) is 45.8 Å². The minimum atomic E-state index is -3.03. The van der Waals surface area contributed by atoms with Crippen LogP contribution in [0, 0.1) is 5.92 Å². The standard InChI is InChI=1S/C7H15NO3S/c1-8(2)12(9,10)6-7-3-4-11-5-7/h7H,3-6H2,1-2H3. The quantitative estimate of drug-likeness (QED) is 0.629. The minimum absolute atomic E-state index is 0.192. The summed E-state index contributed by atoms with van der Waals surface area (Å²) in [7, 11) is 0.0930. The Bertz CT molecular complexity index is 229. The van der Waals surface area contributed by atoms with Gasteiger partial charge in [0.25, 0.3) is 0 Å². The molecule has 4 nitrogen and oxygen atoms in total. The Morgan fingerprint density at radius 1 is 1.50 bits per heavy atom. The predicted molar refractivity (Wildman–Crippen MR) is 46.4 cm³/mol. The average molecular weight is 193 g/mol. The zero-order valence-corrected chi connectivity index (χ0v) is 8.30. The molecule has 72 valence electrons. The topological polar surface area (TPSA) is 46.6 Å². The second-order valence-corrected chi connectivity index (χ2v) is 5.52. The molecule has 0 N–H and O–H groups in total. The summed E-state index contributed by atoms with van der Waals surface area (Å²) < 4.78 is 29.1. The molecular formula is C7H15NO3S. The van der Waals surface area contributed by atoms with Crippen LogP contribution in [0.15, 0.2) is 0 Å². The molecule has 1 atom stereocenters. The molecule has 0 aliphatic carbocycles. The highest BCUT2D eigenvalue weighted by Crippen LogP contribution is 2.15. The van der Waals surface area contributed by atoms with E-state index >= 15 is 0 Å². The number of hydrogen-bond donors (Lipinski definition) is 0. The van der Waals surface area contributed by atoms with Crippen molar-refractivity contribution in [3.63, 3.8) is 0 Å². The number of hydrogen-bond acceptors (Lipinski definition) is 3. The average Bonchev–Trinajstić information content (AvgIpc) is 2.38. The first-order chi connectivity index (χ1) is 5.52. The highest BCUT2D eigenvalue weighted by atomic mass is 32.2. The molecule has 0 aromatic heterocycles. The monoisotopic (exact) mass is 193 g/mol. The largest absolute Gasteiger partial charge is 0.381 e. The molecule has 0 aromatic carbocycles. The van der Waals surface area contributed by atoms with E-state index < -0.39 is 10.0 Å². The van der Waals surface area contributed by atoms with E-state index in [0.717, 1.165) is 6.42 Å². The lowest BCUT2D eigenvalue weighted by molar-refractivity contribution is 0.188. The zero-order chi connectivity index (χ0) is 9.19. The van der Waals surface area contributed by atoms with Crippen LogP contribution >= 0.6 is 0 Å². The fourth-order valence-corrected chi connectivity index (χ4v) is 2.32. The second kappa shape index (κ2) is 3.72. The van der Waals surface area contributed by atoms with Crippen molar-refractivity contribution < 1.29 is 13.2 Å². The van der Waals surface area contributed by atoms with Gasteiger partial charge in [0, 0.05) is 20.7 Å². The molecule has 0 bridgehead atoms. The summed E-state index contributed by atoms with van der Waals surface area (Å²) in [5, 5.41) is 0. The van der Waals surface area contributed by atoms with Gasteiger partial charge in [-0.2, -0.15) is 0 Å². The van der Waals surface area contributed by atoms with E-state index in [0.29, 0.717) is 13.2 Å². The van der Waals surface area contributed by atoms with Gasteiger partial charge < -0.3 is 4.74 Å². The van der Waals surface area contributed by atoms with Gasteiger partial charge >= 0.3 is 0 Å². The maximum atomic E-state index is 11.4. The molecule has 1 saturated heterocycles. The molecule has 1 fully saturated rings. The van der Waals surface area contributed by atoms with Crippen LogP contribution in [0.3, 0.4) is 0 Å². The summed E-state index contributed by atoms with van der Waals surface area (Å²) in [6.45, 7) is 1.29. The van der Waals surface area contributed by atoms with Gasteiger partial charge in [-0.1, -0.05) is 0 Å². The molecule has 1 aliphatic heterocycles. The van der Waals surface area contributed by atoms with Gasteiger partial charge in [0.05, 0.1) is 12.4 Å². The van der Waals surface area contributed by atoms with E-state index in [9.17, 15) is 8.42 Å². The molecule has 1 rings (SSSR count). The Morgan fingerprint density at radius 2 is 2.17 bits per heavy atom. The molecule has 12 heavy (non-hydrogen) atoms. The smallest absolute Gasteiger partial charge is 0.213 e. The first-order valence-corrected chi connectivity index (χ1v) is 5.61. The van der Waals surface area contributed by atoms with Crippen molar-refractivity contribution in [2.75, 3.05) is 33.1 Å². The Labute approximate surface area is 73.6 Å². The Morgan fingerprint density at radius 3 is 2.58 bits per heavy atom. The van der Waals surface area contributed by atoms with E-state index in [2.05, 4.69) is 0 Å². The lowest BCUT2D eigenvalue weighted by Crippen LogP contribution is -2.29. The van der Waals surface area contributed by atoms with Crippen molar-refractivity contribution in [2.24, 2.45) is 5.92 Å². The van der Waals surface area contributed by atoms with Crippen LogP contribution in [0.5, 0.6) is 0 Å². The molecule has 1 heterocycles. The molecule has 0 radical (unpaired) electrons. The third-order valence-electron chi connectivity index (χ3n) is 2.03. The molecule has 0 saturated carbocycles. The summed E-state index contributed by atoms with van der Waals surface area (Å²) in [5.41, 5.74) is 0. The van der Waals surface area contributed by atoms with Gasteiger partial charge in [-0.3, -0.25) is 0 Å². The van der Waals surface area contributed by atoms with E-state index in [-0.39, 0.29) is 11.7 Å². The van der Waals surface area contributed by atoms with Crippen LogP contribution in [0.2, 0.25) is 0 Å². The second-order valence-electron chi connectivity index (χ2n) is 3.29. The Balaban J connectivity index is 2.49. The first-order valence-electron chi connectivity index (χ1n) is 4.00. The maximum absolute atomic E-state index is 11.4. The molecule has 5 heteroatoms. The third kappa shape index (κ3) is 2.43. The zero-order valence-electron chi connectivity index (χ0n) is 7.49. The van der Waals surface area contributed by atoms with Gasteiger partial charge in [-0.25, -0.2) is 12.7 Å². The SMILES string of the molecule is CN(C)S(=O)(=O)CC1CCOC1. The normalized spacial score (nSPS) is 25.1. The fourth-order valence-electron chi connectivity index (χ4n) is 1.16.